The van der Waals surface area contributed by atoms with Crippen molar-refractivity contribution in [2.45, 2.75) is 6.18 Å². The van der Waals surface area contributed by atoms with Gasteiger partial charge in [0.25, 0.3) is 0 Å². The molecule has 3 nitrogen and oxygen atoms in total. The third-order valence-corrected chi connectivity index (χ3v) is 3.09. The lowest BCUT2D eigenvalue weighted by Crippen LogP contribution is -2.09. The zero-order valence-corrected chi connectivity index (χ0v) is 11.2. The quantitative estimate of drug-likeness (QED) is 0.711. The maximum atomic E-state index is 12.9. The molecule has 0 aliphatic carbocycles. The van der Waals surface area contributed by atoms with Gasteiger partial charge in [0.05, 0.1) is 5.69 Å². The Morgan fingerprint density at radius 2 is 1.41 bits per heavy atom. The van der Waals surface area contributed by atoms with E-state index >= 15 is 0 Å². The summed E-state index contributed by atoms with van der Waals surface area (Å²) in [6.45, 7) is 0. The molecular formula is C16H10F3N3. The van der Waals surface area contributed by atoms with E-state index in [9.17, 15) is 13.2 Å². The van der Waals surface area contributed by atoms with Gasteiger partial charge in [-0.25, -0.2) is 4.98 Å². The van der Waals surface area contributed by atoms with E-state index in [0.717, 1.165) is 6.07 Å². The molecular weight excluding hydrogens is 291 g/mol. The lowest BCUT2D eigenvalue weighted by Gasteiger charge is -2.12. The highest BCUT2D eigenvalue weighted by Gasteiger charge is 2.33. The summed E-state index contributed by atoms with van der Waals surface area (Å²) in [6, 6.07) is 9.22. The second kappa shape index (κ2) is 5.55. The number of nitrogens with zero attached hydrogens (tertiary/aromatic N) is 3. The van der Waals surface area contributed by atoms with Crippen LogP contribution in [0.1, 0.15) is 5.69 Å². The van der Waals surface area contributed by atoms with E-state index in [0.29, 0.717) is 16.7 Å². The number of alkyl halides is 3. The summed E-state index contributed by atoms with van der Waals surface area (Å²) in [5, 5.41) is 0. The topological polar surface area (TPSA) is 38.7 Å². The van der Waals surface area contributed by atoms with Crippen LogP contribution in [0.5, 0.6) is 0 Å². The number of hydrogen-bond donors (Lipinski definition) is 0. The van der Waals surface area contributed by atoms with Crippen LogP contribution in [0, 0.1) is 0 Å². The maximum absolute atomic E-state index is 12.9. The van der Waals surface area contributed by atoms with Crippen molar-refractivity contribution in [1.29, 1.82) is 0 Å². The fourth-order valence-electron chi connectivity index (χ4n) is 2.09. The van der Waals surface area contributed by atoms with Crippen molar-refractivity contribution in [2.75, 3.05) is 0 Å². The Kier molecular flexibility index (Phi) is 3.58. The number of rotatable bonds is 2. The van der Waals surface area contributed by atoms with Gasteiger partial charge in [-0.3, -0.25) is 9.97 Å². The molecule has 0 amide bonds. The van der Waals surface area contributed by atoms with Gasteiger partial charge < -0.3 is 0 Å². The van der Waals surface area contributed by atoms with Crippen LogP contribution in [0.4, 0.5) is 13.2 Å². The molecule has 0 spiro atoms. The van der Waals surface area contributed by atoms with Crippen LogP contribution in [-0.2, 0) is 6.18 Å². The highest BCUT2D eigenvalue weighted by atomic mass is 19.4. The summed E-state index contributed by atoms with van der Waals surface area (Å²) in [5.41, 5.74) is 1.10. The Labute approximate surface area is 124 Å². The number of halogens is 3. The highest BCUT2D eigenvalue weighted by molar-refractivity contribution is 5.80. The molecule has 3 aromatic rings. The normalized spacial score (nSPS) is 11.4. The van der Waals surface area contributed by atoms with Crippen LogP contribution in [0.15, 0.2) is 61.2 Å². The molecule has 0 bridgehead atoms. The predicted molar refractivity (Wildman–Crippen MR) is 75.7 cm³/mol. The molecule has 0 atom stereocenters. The van der Waals surface area contributed by atoms with E-state index in [1.807, 2.05) is 0 Å². The summed E-state index contributed by atoms with van der Waals surface area (Å²) < 4.78 is 38.8. The van der Waals surface area contributed by atoms with Crippen molar-refractivity contribution in [3.05, 3.63) is 66.9 Å². The minimum absolute atomic E-state index is 0.232. The molecule has 22 heavy (non-hydrogen) atoms. The summed E-state index contributed by atoms with van der Waals surface area (Å²) in [7, 11) is 0. The van der Waals surface area contributed by atoms with E-state index in [1.165, 1.54) is 12.3 Å². The lowest BCUT2D eigenvalue weighted by molar-refractivity contribution is -0.141. The van der Waals surface area contributed by atoms with Crippen molar-refractivity contribution in [3.63, 3.8) is 0 Å². The van der Waals surface area contributed by atoms with Gasteiger partial charge in [0.2, 0.25) is 0 Å². The molecule has 0 radical (unpaired) electrons. The Balaban J connectivity index is 2.23. The summed E-state index contributed by atoms with van der Waals surface area (Å²) >= 11 is 0. The van der Waals surface area contributed by atoms with Gasteiger partial charge in [-0.1, -0.05) is 6.07 Å². The fraction of sp³-hybridized carbons (Fsp3) is 0.0625. The standard InChI is InChI=1S/C16H10F3N3/c17-16(18,19)14-6-5-13(11-3-1-7-20-9-11)15(22-14)12-4-2-8-21-10-12/h1-10H. The number of aromatic nitrogens is 3. The van der Waals surface area contributed by atoms with Crippen molar-refractivity contribution < 1.29 is 13.2 Å². The first-order valence-corrected chi connectivity index (χ1v) is 6.45. The van der Waals surface area contributed by atoms with E-state index in [2.05, 4.69) is 15.0 Å². The number of pyridine rings is 3. The van der Waals surface area contributed by atoms with Crippen molar-refractivity contribution in [2.24, 2.45) is 0 Å². The molecule has 0 aliphatic rings. The summed E-state index contributed by atoms with van der Waals surface area (Å²) in [5.74, 6) is 0. The third kappa shape index (κ3) is 2.81. The van der Waals surface area contributed by atoms with E-state index < -0.39 is 11.9 Å². The van der Waals surface area contributed by atoms with Gasteiger partial charge in [-0.15, -0.1) is 0 Å². The van der Waals surface area contributed by atoms with Crippen LogP contribution in [0.3, 0.4) is 0 Å². The van der Waals surface area contributed by atoms with Gasteiger partial charge >= 0.3 is 6.18 Å². The molecule has 3 aromatic heterocycles. The second-order valence-electron chi connectivity index (χ2n) is 4.57. The maximum Gasteiger partial charge on any atom is 0.433 e. The Morgan fingerprint density at radius 1 is 0.773 bits per heavy atom. The van der Waals surface area contributed by atoms with Crippen LogP contribution >= 0.6 is 0 Å². The lowest BCUT2D eigenvalue weighted by atomic mass is 10.0. The fourth-order valence-corrected chi connectivity index (χ4v) is 2.09. The monoisotopic (exact) mass is 301 g/mol. The molecule has 3 rings (SSSR count). The molecule has 0 saturated carbocycles. The molecule has 110 valence electrons. The first-order valence-electron chi connectivity index (χ1n) is 6.45. The van der Waals surface area contributed by atoms with Gasteiger partial charge in [-0.2, -0.15) is 13.2 Å². The average Bonchev–Trinajstić information content (AvgIpc) is 2.55. The van der Waals surface area contributed by atoms with Gasteiger partial charge in [-0.05, 0) is 30.3 Å². The minimum atomic E-state index is -4.50. The SMILES string of the molecule is FC(F)(F)c1ccc(-c2cccnc2)c(-c2cccnc2)n1. The van der Waals surface area contributed by atoms with Crippen LogP contribution in [0.2, 0.25) is 0 Å². The molecule has 3 heterocycles. The molecule has 6 heteroatoms. The number of hydrogen-bond acceptors (Lipinski definition) is 3. The highest BCUT2D eigenvalue weighted by Crippen LogP contribution is 2.34. The smallest absolute Gasteiger partial charge is 0.264 e. The summed E-state index contributed by atoms with van der Waals surface area (Å²) in [4.78, 5) is 11.8. The van der Waals surface area contributed by atoms with Crippen LogP contribution in [-0.4, -0.2) is 15.0 Å². The Morgan fingerprint density at radius 3 is 1.95 bits per heavy atom. The zero-order valence-electron chi connectivity index (χ0n) is 11.2. The molecule has 0 saturated heterocycles. The first-order chi connectivity index (χ1) is 10.6. The average molecular weight is 301 g/mol. The third-order valence-electron chi connectivity index (χ3n) is 3.09. The van der Waals surface area contributed by atoms with Crippen molar-refractivity contribution >= 4 is 0 Å². The zero-order chi connectivity index (χ0) is 15.6. The molecule has 0 aliphatic heterocycles. The van der Waals surface area contributed by atoms with Crippen molar-refractivity contribution in [3.8, 4) is 22.4 Å². The Hall–Kier alpha value is -2.76. The van der Waals surface area contributed by atoms with E-state index in [4.69, 9.17) is 0 Å². The first kappa shape index (κ1) is 14.2. The molecule has 0 unspecified atom stereocenters. The van der Waals surface area contributed by atoms with Gasteiger partial charge in [0.1, 0.15) is 5.69 Å². The van der Waals surface area contributed by atoms with Crippen LogP contribution < -0.4 is 0 Å². The second-order valence-corrected chi connectivity index (χ2v) is 4.57. The molecule has 0 N–H and O–H groups in total. The molecule has 0 fully saturated rings. The Bertz CT molecular complexity index is 772. The summed E-state index contributed by atoms with van der Waals surface area (Å²) in [6.07, 6.45) is 1.74. The largest absolute Gasteiger partial charge is 0.433 e. The van der Waals surface area contributed by atoms with Crippen molar-refractivity contribution in [1.82, 2.24) is 15.0 Å². The van der Waals surface area contributed by atoms with Gasteiger partial charge in [0.15, 0.2) is 0 Å². The van der Waals surface area contributed by atoms with Crippen LogP contribution in [0.25, 0.3) is 22.4 Å². The predicted octanol–water partition coefficient (Wildman–Crippen LogP) is 4.22. The minimum Gasteiger partial charge on any atom is -0.264 e. The molecule has 0 aromatic carbocycles. The van der Waals surface area contributed by atoms with E-state index in [-0.39, 0.29) is 5.69 Å². The van der Waals surface area contributed by atoms with E-state index in [1.54, 1.807) is 42.9 Å². The van der Waals surface area contributed by atoms with Gasteiger partial charge in [0, 0.05) is 41.5 Å².